The zero-order valence-electron chi connectivity index (χ0n) is 15.3. The number of carbonyl (C=O) groups excluding carboxylic acids is 2. The Morgan fingerprint density at radius 2 is 1.69 bits per heavy atom. The summed E-state index contributed by atoms with van der Waals surface area (Å²) in [4.78, 5) is 26.0. The van der Waals surface area contributed by atoms with E-state index >= 15 is 0 Å². The molecule has 8 nitrogen and oxygen atoms in total. The SMILES string of the molecule is C[C@H]1CN(C(=O)COC(=O)c2ccc(S(=O)(=O)N(C)C)cc2)C[C@H](C)O1. The van der Waals surface area contributed by atoms with Crippen LogP contribution in [0, 0.1) is 0 Å². The van der Waals surface area contributed by atoms with E-state index in [1.165, 1.54) is 38.4 Å². The van der Waals surface area contributed by atoms with Gasteiger partial charge in [-0.05, 0) is 38.1 Å². The molecule has 0 unspecified atom stereocenters. The first-order valence-corrected chi connectivity index (χ1v) is 9.68. The molecule has 0 saturated carbocycles. The van der Waals surface area contributed by atoms with E-state index in [1.54, 1.807) is 4.90 Å². The van der Waals surface area contributed by atoms with E-state index in [2.05, 4.69) is 0 Å². The van der Waals surface area contributed by atoms with E-state index in [9.17, 15) is 18.0 Å². The Morgan fingerprint density at radius 3 is 2.19 bits per heavy atom. The Bertz CT molecular complexity index is 750. The van der Waals surface area contributed by atoms with Gasteiger partial charge in [0.2, 0.25) is 10.0 Å². The predicted molar refractivity (Wildman–Crippen MR) is 94.2 cm³/mol. The van der Waals surface area contributed by atoms with Crippen LogP contribution in [0.25, 0.3) is 0 Å². The summed E-state index contributed by atoms with van der Waals surface area (Å²) in [6.07, 6.45) is -0.130. The van der Waals surface area contributed by atoms with Gasteiger partial charge in [0.15, 0.2) is 6.61 Å². The standard InChI is InChI=1S/C17H24N2O6S/c1-12-9-19(10-13(2)25-12)16(20)11-24-17(21)14-5-7-15(8-6-14)26(22,23)18(3)4/h5-8,12-13H,9-11H2,1-4H3/t12-,13-/m0/s1. The molecule has 144 valence electrons. The number of ether oxygens (including phenoxy) is 2. The Hall–Kier alpha value is -1.97. The first kappa shape index (κ1) is 20.3. The van der Waals surface area contributed by atoms with Gasteiger partial charge < -0.3 is 14.4 Å². The van der Waals surface area contributed by atoms with Gasteiger partial charge in [-0.3, -0.25) is 4.79 Å². The number of sulfonamides is 1. The Labute approximate surface area is 153 Å². The van der Waals surface area contributed by atoms with E-state index < -0.39 is 16.0 Å². The minimum absolute atomic E-state index is 0.0652. The van der Waals surface area contributed by atoms with Crippen LogP contribution in [0.5, 0.6) is 0 Å². The van der Waals surface area contributed by atoms with Gasteiger partial charge in [-0.15, -0.1) is 0 Å². The van der Waals surface area contributed by atoms with Gasteiger partial charge in [-0.2, -0.15) is 0 Å². The highest BCUT2D eigenvalue weighted by molar-refractivity contribution is 7.89. The summed E-state index contributed by atoms with van der Waals surface area (Å²) in [7, 11) is -0.707. The monoisotopic (exact) mass is 384 g/mol. The molecule has 1 heterocycles. The maximum absolute atomic E-state index is 12.2. The summed E-state index contributed by atoms with van der Waals surface area (Å²) in [5.41, 5.74) is 0.180. The Morgan fingerprint density at radius 1 is 1.15 bits per heavy atom. The van der Waals surface area contributed by atoms with Crippen LogP contribution in [0.15, 0.2) is 29.2 Å². The largest absolute Gasteiger partial charge is 0.452 e. The lowest BCUT2D eigenvalue weighted by molar-refractivity contribution is -0.146. The second kappa shape index (κ2) is 8.15. The smallest absolute Gasteiger partial charge is 0.338 e. The molecule has 1 fully saturated rings. The van der Waals surface area contributed by atoms with Crippen LogP contribution < -0.4 is 0 Å². The molecule has 2 atom stereocenters. The van der Waals surface area contributed by atoms with E-state index in [0.717, 1.165) is 4.31 Å². The van der Waals surface area contributed by atoms with Crippen molar-refractivity contribution in [2.75, 3.05) is 33.8 Å². The number of benzene rings is 1. The second-order valence-electron chi connectivity index (χ2n) is 6.44. The van der Waals surface area contributed by atoms with Crippen LogP contribution in [-0.4, -0.2) is 75.5 Å². The van der Waals surface area contributed by atoms with E-state index in [1.807, 2.05) is 13.8 Å². The zero-order valence-corrected chi connectivity index (χ0v) is 16.2. The Kier molecular flexibility index (Phi) is 6.38. The molecule has 0 spiro atoms. The van der Waals surface area contributed by atoms with Crippen molar-refractivity contribution < 1.29 is 27.5 Å². The van der Waals surface area contributed by atoms with Gasteiger partial charge in [-0.25, -0.2) is 17.5 Å². The fraction of sp³-hybridized carbons (Fsp3) is 0.529. The van der Waals surface area contributed by atoms with Gasteiger partial charge in [-0.1, -0.05) is 0 Å². The average molecular weight is 384 g/mol. The molecule has 2 rings (SSSR count). The quantitative estimate of drug-likeness (QED) is 0.695. The maximum atomic E-state index is 12.2. The fourth-order valence-corrected chi connectivity index (χ4v) is 3.56. The predicted octanol–water partition coefficient (Wildman–Crippen LogP) is 0.730. The van der Waals surface area contributed by atoms with Crippen LogP contribution in [0.2, 0.25) is 0 Å². The lowest BCUT2D eigenvalue weighted by Gasteiger charge is -2.35. The molecule has 9 heteroatoms. The minimum Gasteiger partial charge on any atom is -0.452 e. The van der Waals surface area contributed by atoms with Gasteiger partial charge in [0.1, 0.15) is 0 Å². The van der Waals surface area contributed by atoms with Crippen LogP contribution >= 0.6 is 0 Å². The van der Waals surface area contributed by atoms with Gasteiger partial charge in [0.25, 0.3) is 5.91 Å². The number of hydrogen-bond acceptors (Lipinski definition) is 6. The molecule has 0 aliphatic carbocycles. The third-order valence-corrected chi connectivity index (χ3v) is 5.80. The van der Waals surface area contributed by atoms with Crippen molar-refractivity contribution in [3.05, 3.63) is 29.8 Å². The number of hydrogen-bond donors (Lipinski definition) is 0. The first-order chi connectivity index (χ1) is 12.1. The summed E-state index contributed by atoms with van der Waals surface area (Å²) >= 11 is 0. The van der Waals surface area contributed by atoms with Crippen molar-refractivity contribution in [3.63, 3.8) is 0 Å². The number of carbonyl (C=O) groups is 2. The van der Waals surface area contributed by atoms with Crippen LogP contribution in [-0.2, 0) is 24.3 Å². The molecule has 1 aromatic rings. The van der Waals surface area contributed by atoms with Gasteiger partial charge in [0, 0.05) is 27.2 Å². The van der Waals surface area contributed by atoms with Crippen LogP contribution in [0.1, 0.15) is 24.2 Å². The zero-order chi connectivity index (χ0) is 19.5. The normalized spacial score (nSPS) is 20.9. The molecule has 1 amide bonds. The minimum atomic E-state index is -3.56. The number of nitrogens with zero attached hydrogens (tertiary/aromatic N) is 2. The topological polar surface area (TPSA) is 93.2 Å². The lowest BCUT2D eigenvalue weighted by atomic mass is 10.2. The molecule has 0 N–H and O–H groups in total. The number of rotatable bonds is 5. The van der Waals surface area contributed by atoms with Gasteiger partial charge in [0.05, 0.1) is 22.7 Å². The average Bonchev–Trinajstić information content (AvgIpc) is 2.58. The third-order valence-electron chi connectivity index (χ3n) is 3.97. The lowest BCUT2D eigenvalue weighted by Crippen LogP contribution is -2.49. The summed E-state index contributed by atoms with van der Waals surface area (Å²) in [6.45, 7) is 4.31. The van der Waals surface area contributed by atoms with Crippen molar-refractivity contribution in [2.45, 2.75) is 31.0 Å². The molecule has 0 aromatic heterocycles. The number of amides is 1. The molecule has 1 aromatic carbocycles. The molecule has 1 aliphatic rings. The first-order valence-electron chi connectivity index (χ1n) is 8.24. The third kappa shape index (κ3) is 4.80. The van der Waals surface area contributed by atoms with E-state index in [0.29, 0.717) is 13.1 Å². The fourth-order valence-electron chi connectivity index (χ4n) is 2.66. The summed E-state index contributed by atoms with van der Waals surface area (Å²) < 4.78 is 35.7. The van der Waals surface area contributed by atoms with Crippen molar-refractivity contribution in [1.82, 2.24) is 9.21 Å². The molecule has 1 aliphatic heterocycles. The van der Waals surface area contributed by atoms with Gasteiger partial charge >= 0.3 is 5.97 Å². The molecule has 1 saturated heterocycles. The molecule has 0 radical (unpaired) electrons. The van der Waals surface area contributed by atoms with Crippen LogP contribution in [0.3, 0.4) is 0 Å². The van der Waals surface area contributed by atoms with E-state index in [-0.39, 0.29) is 35.2 Å². The van der Waals surface area contributed by atoms with Crippen LogP contribution in [0.4, 0.5) is 0 Å². The Balaban J connectivity index is 1.95. The highest BCUT2D eigenvalue weighted by Gasteiger charge is 2.26. The highest BCUT2D eigenvalue weighted by atomic mass is 32.2. The molecule has 0 bridgehead atoms. The summed E-state index contributed by atoms with van der Waals surface area (Å²) in [5, 5.41) is 0. The molecular weight excluding hydrogens is 360 g/mol. The highest BCUT2D eigenvalue weighted by Crippen LogP contribution is 2.15. The molecule has 26 heavy (non-hydrogen) atoms. The van der Waals surface area contributed by atoms with E-state index in [4.69, 9.17) is 9.47 Å². The van der Waals surface area contributed by atoms with Crippen molar-refractivity contribution in [1.29, 1.82) is 0 Å². The number of morpholine rings is 1. The summed E-state index contributed by atoms with van der Waals surface area (Å²) in [6, 6.07) is 5.39. The molecular formula is C17H24N2O6S. The maximum Gasteiger partial charge on any atom is 0.338 e. The summed E-state index contributed by atoms with van der Waals surface area (Å²) in [5.74, 6) is -0.964. The van der Waals surface area contributed by atoms with Crippen molar-refractivity contribution in [2.24, 2.45) is 0 Å². The second-order valence-corrected chi connectivity index (χ2v) is 8.60. The van der Waals surface area contributed by atoms with Crippen molar-refractivity contribution in [3.8, 4) is 0 Å². The number of esters is 1. The van der Waals surface area contributed by atoms with Crippen molar-refractivity contribution >= 4 is 21.9 Å².